The van der Waals surface area contributed by atoms with Crippen LogP contribution in [0.4, 0.5) is 0 Å². The second-order valence-electron chi connectivity index (χ2n) is 6.19. The highest BCUT2D eigenvalue weighted by Crippen LogP contribution is 2.37. The van der Waals surface area contributed by atoms with Crippen LogP contribution in [0.1, 0.15) is 18.1 Å². The second kappa shape index (κ2) is 10.1. The summed E-state index contributed by atoms with van der Waals surface area (Å²) in [7, 11) is 1.58. The highest BCUT2D eigenvalue weighted by Gasteiger charge is 2.12. The SMILES string of the molecule is CCNC(=S)N/N=C\c1cc(Cl)c(OCc2cccc3ccccc23)c(OC)c1. The number of methoxy groups -OCH3 is 1. The number of ether oxygens (including phenoxy) is 2. The third-order valence-corrected chi connectivity index (χ3v) is 4.74. The summed E-state index contributed by atoms with van der Waals surface area (Å²) in [5.74, 6) is 1.03. The average molecular weight is 428 g/mol. The number of nitrogens with zero attached hydrogens (tertiary/aromatic N) is 1. The lowest BCUT2D eigenvalue weighted by atomic mass is 10.1. The molecule has 0 atom stereocenters. The molecule has 150 valence electrons. The standard InChI is InChI=1S/C22H22ClN3O2S/c1-3-24-22(29)26-25-13-15-11-19(23)21(20(12-15)27-2)28-14-17-9-6-8-16-7-4-5-10-18(16)17/h4-13H,3,14H2,1-2H3,(H2,24,26,29)/b25-13-. The fourth-order valence-corrected chi connectivity index (χ4v) is 3.36. The van der Waals surface area contributed by atoms with E-state index in [4.69, 9.17) is 33.3 Å². The third-order valence-electron chi connectivity index (χ3n) is 4.22. The van der Waals surface area contributed by atoms with E-state index in [0.717, 1.165) is 23.1 Å². The molecule has 0 fully saturated rings. The molecule has 0 bridgehead atoms. The molecule has 3 rings (SSSR count). The zero-order valence-electron chi connectivity index (χ0n) is 16.2. The quantitative estimate of drug-likeness (QED) is 0.319. The van der Waals surface area contributed by atoms with Gasteiger partial charge in [-0.25, -0.2) is 0 Å². The largest absolute Gasteiger partial charge is 0.493 e. The van der Waals surface area contributed by atoms with E-state index in [2.05, 4.69) is 34.0 Å². The molecule has 0 heterocycles. The van der Waals surface area contributed by atoms with Gasteiger partial charge in [-0.15, -0.1) is 0 Å². The minimum atomic E-state index is 0.378. The molecule has 0 aliphatic heterocycles. The van der Waals surface area contributed by atoms with Crippen LogP contribution < -0.4 is 20.2 Å². The summed E-state index contributed by atoms with van der Waals surface area (Å²) < 4.78 is 11.5. The molecular weight excluding hydrogens is 406 g/mol. The Kier molecular flexibility index (Phi) is 7.27. The monoisotopic (exact) mass is 427 g/mol. The summed E-state index contributed by atoms with van der Waals surface area (Å²) in [5.41, 5.74) is 4.58. The van der Waals surface area contributed by atoms with Gasteiger partial charge in [0.2, 0.25) is 0 Å². The molecule has 0 radical (unpaired) electrons. The van der Waals surface area contributed by atoms with Crippen molar-refractivity contribution in [3.8, 4) is 11.5 Å². The lowest BCUT2D eigenvalue weighted by Crippen LogP contribution is -2.31. The number of nitrogens with one attached hydrogen (secondary N) is 2. The second-order valence-corrected chi connectivity index (χ2v) is 7.01. The molecule has 5 nitrogen and oxygen atoms in total. The number of hydrazone groups is 1. The van der Waals surface area contributed by atoms with E-state index in [1.54, 1.807) is 19.4 Å². The third kappa shape index (κ3) is 5.37. The van der Waals surface area contributed by atoms with Crippen LogP contribution in [-0.2, 0) is 6.61 Å². The van der Waals surface area contributed by atoms with E-state index in [0.29, 0.717) is 28.2 Å². The molecule has 3 aromatic carbocycles. The van der Waals surface area contributed by atoms with Gasteiger partial charge in [0, 0.05) is 6.54 Å². The van der Waals surface area contributed by atoms with Gasteiger partial charge in [0.25, 0.3) is 0 Å². The first-order chi connectivity index (χ1) is 14.1. The van der Waals surface area contributed by atoms with Gasteiger partial charge in [-0.2, -0.15) is 5.10 Å². The normalized spacial score (nSPS) is 10.9. The van der Waals surface area contributed by atoms with Gasteiger partial charge in [-0.3, -0.25) is 5.43 Å². The summed E-state index contributed by atoms with van der Waals surface area (Å²) in [5, 5.41) is 10.3. The fraction of sp³-hybridized carbons (Fsp3) is 0.182. The first kappa shape index (κ1) is 20.9. The number of hydrogen-bond acceptors (Lipinski definition) is 4. The molecule has 0 unspecified atom stereocenters. The predicted octanol–water partition coefficient (Wildman–Crippen LogP) is 4.90. The van der Waals surface area contributed by atoms with Gasteiger partial charge in [-0.05, 0) is 53.2 Å². The van der Waals surface area contributed by atoms with Crippen LogP contribution in [0.15, 0.2) is 59.7 Å². The van der Waals surface area contributed by atoms with Crippen LogP contribution in [0.5, 0.6) is 11.5 Å². The first-order valence-electron chi connectivity index (χ1n) is 9.16. The average Bonchev–Trinajstić information content (AvgIpc) is 2.73. The van der Waals surface area contributed by atoms with E-state index < -0.39 is 0 Å². The zero-order valence-corrected chi connectivity index (χ0v) is 17.8. The molecule has 0 spiro atoms. The maximum Gasteiger partial charge on any atom is 0.186 e. The van der Waals surface area contributed by atoms with Crippen LogP contribution in [0.3, 0.4) is 0 Å². The topological polar surface area (TPSA) is 54.9 Å². The molecule has 3 aromatic rings. The molecule has 0 saturated heterocycles. The van der Waals surface area contributed by atoms with Crippen molar-refractivity contribution in [1.29, 1.82) is 0 Å². The molecule has 2 N–H and O–H groups in total. The smallest absolute Gasteiger partial charge is 0.186 e. The summed E-state index contributed by atoms with van der Waals surface area (Å²) in [4.78, 5) is 0. The minimum absolute atomic E-state index is 0.378. The van der Waals surface area contributed by atoms with Gasteiger partial charge >= 0.3 is 0 Å². The summed E-state index contributed by atoms with van der Waals surface area (Å²) >= 11 is 11.5. The van der Waals surface area contributed by atoms with Crippen LogP contribution in [0.25, 0.3) is 10.8 Å². The Morgan fingerprint density at radius 2 is 1.97 bits per heavy atom. The Bertz CT molecular complexity index is 1030. The highest BCUT2D eigenvalue weighted by atomic mass is 35.5. The van der Waals surface area contributed by atoms with Crippen LogP contribution in [0.2, 0.25) is 5.02 Å². The molecule has 29 heavy (non-hydrogen) atoms. The van der Waals surface area contributed by atoms with Crippen molar-refractivity contribution in [3.63, 3.8) is 0 Å². The number of hydrogen-bond donors (Lipinski definition) is 2. The summed E-state index contributed by atoms with van der Waals surface area (Å²) in [6.07, 6.45) is 1.62. The Balaban J connectivity index is 1.77. The van der Waals surface area contributed by atoms with Gasteiger partial charge in [0.05, 0.1) is 18.3 Å². The number of rotatable bonds is 7. The van der Waals surface area contributed by atoms with Crippen LogP contribution >= 0.6 is 23.8 Å². The number of benzene rings is 3. The summed E-state index contributed by atoms with van der Waals surface area (Å²) in [6.45, 7) is 3.06. The molecule has 7 heteroatoms. The lowest BCUT2D eigenvalue weighted by Gasteiger charge is -2.14. The zero-order chi connectivity index (χ0) is 20.6. The van der Waals surface area contributed by atoms with E-state index in [1.165, 1.54) is 5.39 Å². The maximum atomic E-state index is 6.46. The fourth-order valence-electron chi connectivity index (χ4n) is 2.89. The van der Waals surface area contributed by atoms with E-state index >= 15 is 0 Å². The van der Waals surface area contributed by atoms with Crippen LogP contribution in [-0.4, -0.2) is 25.0 Å². The van der Waals surface area contributed by atoms with E-state index in [9.17, 15) is 0 Å². The summed E-state index contributed by atoms with van der Waals surface area (Å²) in [6, 6.07) is 17.9. The van der Waals surface area contributed by atoms with Crippen molar-refractivity contribution >= 4 is 45.9 Å². The van der Waals surface area contributed by atoms with Crippen molar-refractivity contribution in [1.82, 2.24) is 10.7 Å². The van der Waals surface area contributed by atoms with Crippen molar-refractivity contribution in [2.24, 2.45) is 5.10 Å². The van der Waals surface area contributed by atoms with Gasteiger partial charge < -0.3 is 14.8 Å². The highest BCUT2D eigenvalue weighted by molar-refractivity contribution is 7.80. The Hall–Kier alpha value is -2.83. The molecule has 0 aliphatic rings. The van der Waals surface area contributed by atoms with E-state index in [-0.39, 0.29) is 0 Å². The molecule has 0 aliphatic carbocycles. The van der Waals surface area contributed by atoms with Crippen LogP contribution in [0, 0.1) is 0 Å². The molecule has 0 aromatic heterocycles. The predicted molar refractivity (Wildman–Crippen MR) is 123 cm³/mol. The Labute approximate surface area is 180 Å². The molecular formula is C22H22ClN3O2S. The van der Waals surface area contributed by atoms with Gasteiger partial charge in [0.15, 0.2) is 16.6 Å². The van der Waals surface area contributed by atoms with E-state index in [1.807, 2.05) is 37.3 Å². The number of thiocarbonyl (C=S) groups is 1. The van der Waals surface area contributed by atoms with Crippen molar-refractivity contribution in [2.45, 2.75) is 13.5 Å². The van der Waals surface area contributed by atoms with Crippen molar-refractivity contribution < 1.29 is 9.47 Å². The Morgan fingerprint density at radius 1 is 1.17 bits per heavy atom. The van der Waals surface area contributed by atoms with Crippen molar-refractivity contribution in [2.75, 3.05) is 13.7 Å². The minimum Gasteiger partial charge on any atom is -0.493 e. The molecule has 0 saturated carbocycles. The van der Waals surface area contributed by atoms with Gasteiger partial charge in [0.1, 0.15) is 6.61 Å². The maximum absolute atomic E-state index is 6.46. The van der Waals surface area contributed by atoms with Gasteiger partial charge in [-0.1, -0.05) is 54.1 Å². The molecule has 0 amide bonds. The number of fused-ring (bicyclic) bond motifs is 1. The lowest BCUT2D eigenvalue weighted by molar-refractivity contribution is 0.286. The van der Waals surface area contributed by atoms with Crippen molar-refractivity contribution in [3.05, 3.63) is 70.7 Å². The number of halogens is 1. The first-order valence-corrected chi connectivity index (χ1v) is 9.95. The Morgan fingerprint density at radius 3 is 2.76 bits per heavy atom.